The fraction of sp³-hybridized carbons (Fsp3) is 0.750. The molecule has 0 spiro atoms. The molecule has 2 aliphatic rings. The molecule has 2 aliphatic heterocycles. The minimum Gasteiger partial charge on any atom is -0.375 e. The quantitative estimate of drug-likeness (QED) is 0.737. The van der Waals surface area contributed by atoms with Gasteiger partial charge in [-0.3, -0.25) is 4.68 Å². The first kappa shape index (κ1) is 14.0. The van der Waals surface area contributed by atoms with Crippen LogP contribution >= 0.6 is 0 Å². The maximum atomic E-state index is 12.8. The predicted molar refractivity (Wildman–Crippen MR) is 72.7 cm³/mol. The Hall–Kier alpha value is -0.960. The average molecular weight is 300 g/mol. The Bertz CT molecular complexity index is 585. The number of rotatable bonds is 2. The van der Waals surface area contributed by atoms with Crippen LogP contribution in [0.3, 0.4) is 0 Å². The van der Waals surface area contributed by atoms with Crippen molar-refractivity contribution in [3.8, 4) is 0 Å². The Morgan fingerprint density at radius 1 is 1.35 bits per heavy atom. The van der Waals surface area contributed by atoms with E-state index in [1.54, 1.807) is 17.4 Å². The van der Waals surface area contributed by atoms with Crippen molar-refractivity contribution in [2.24, 2.45) is 7.05 Å². The second-order valence-corrected chi connectivity index (χ2v) is 7.27. The summed E-state index contributed by atoms with van der Waals surface area (Å²) in [4.78, 5) is 2.15. The van der Waals surface area contributed by atoms with Crippen molar-refractivity contribution in [3.05, 3.63) is 12.3 Å². The maximum absolute atomic E-state index is 12.8. The molecule has 1 aromatic heterocycles. The normalized spacial score (nSPS) is 29.3. The number of piperidine rings is 1. The molecule has 7 nitrogen and oxygen atoms in total. The molecular formula is C12H20N4O3S. The molecule has 0 radical (unpaired) electrons. The highest BCUT2D eigenvalue weighted by Gasteiger charge is 2.42. The molecule has 3 heterocycles. The Balaban J connectivity index is 1.93. The van der Waals surface area contributed by atoms with Gasteiger partial charge in [-0.05, 0) is 19.5 Å². The van der Waals surface area contributed by atoms with Gasteiger partial charge in [-0.1, -0.05) is 0 Å². The van der Waals surface area contributed by atoms with Crippen LogP contribution in [-0.4, -0.2) is 72.8 Å². The van der Waals surface area contributed by atoms with Crippen LogP contribution in [0.4, 0.5) is 0 Å². The lowest BCUT2D eigenvalue weighted by Gasteiger charge is -2.45. The number of ether oxygens (including phenoxy) is 1. The largest absolute Gasteiger partial charge is 0.375 e. The van der Waals surface area contributed by atoms with E-state index in [0.29, 0.717) is 19.7 Å². The van der Waals surface area contributed by atoms with Crippen LogP contribution in [0.5, 0.6) is 0 Å². The number of fused-ring (bicyclic) bond motifs is 1. The first-order valence-corrected chi connectivity index (χ1v) is 8.24. The number of nitrogens with zero attached hydrogens (tertiary/aromatic N) is 4. The summed E-state index contributed by atoms with van der Waals surface area (Å²) in [6, 6.07) is 1.44. The van der Waals surface area contributed by atoms with Gasteiger partial charge in [-0.15, -0.1) is 0 Å². The minimum absolute atomic E-state index is 0.00273. The Morgan fingerprint density at radius 3 is 2.85 bits per heavy atom. The van der Waals surface area contributed by atoms with Gasteiger partial charge in [-0.2, -0.15) is 9.40 Å². The molecule has 0 saturated carbocycles. The number of aryl methyl sites for hydroxylation is 1. The number of hydrogen-bond acceptors (Lipinski definition) is 5. The molecule has 0 aromatic carbocycles. The van der Waals surface area contributed by atoms with Gasteiger partial charge in [0.05, 0.1) is 24.9 Å². The highest BCUT2D eigenvalue weighted by atomic mass is 32.2. The number of likely N-dealkylation sites (tertiary alicyclic amines) is 1. The molecular weight excluding hydrogens is 280 g/mol. The molecule has 0 amide bonds. The number of hydrogen-bond donors (Lipinski definition) is 0. The molecule has 2 saturated heterocycles. The molecule has 0 N–H and O–H groups in total. The van der Waals surface area contributed by atoms with Crippen LogP contribution in [0.1, 0.15) is 6.42 Å². The minimum atomic E-state index is -3.52. The summed E-state index contributed by atoms with van der Waals surface area (Å²) in [7, 11) is 0.148. The molecule has 112 valence electrons. The van der Waals surface area contributed by atoms with E-state index in [0.717, 1.165) is 13.0 Å². The van der Waals surface area contributed by atoms with E-state index < -0.39 is 10.0 Å². The van der Waals surface area contributed by atoms with Crippen LogP contribution in [0, 0.1) is 0 Å². The number of morpholine rings is 1. The van der Waals surface area contributed by atoms with E-state index in [-0.39, 0.29) is 17.2 Å². The fourth-order valence-electron chi connectivity index (χ4n) is 3.03. The standard InChI is InChI=1S/C12H20N4O3S/c1-14-6-4-11-10(9-14)16(7-8-19-11)20(17,18)12-3-5-13-15(12)2/h3,5,10-11H,4,6-9H2,1-2H3/t10-,11+/m0/s1. The highest BCUT2D eigenvalue weighted by molar-refractivity contribution is 7.89. The van der Waals surface area contributed by atoms with Gasteiger partial charge < -0.3 is 9.64 Å². The van der Waals surface area contributed by atoms with Crippen molar-refractivity contribution in [1.82, 2.24) is 19.0 Å². The van der Waals surface area contributed by atoms with E-state index in [1.807, 2.05) is 7.05 Å². The van der Waals surface area contributed by atoms with E-state index in [9.17, 15) is 8.42 Å². The third-order valence-electron chi connectivity index (χ3n) is 4.09. The van der Waals surface area contributed by atoms with Gasteiger partial charge in [-0.25, -0.2) is 8.42 Å². The van der Waals surface area contributed by atoms with Gasteiger partial charge in [0, 0.05) is 26.7 Å². The van der Waals surface area contributed by atoms with E-state index in [1.165, 1.54) is 10.9 Å². The van der Waals surface area contributed by atoms with Crippen molar-refractivity contribution in [2.45, 2.75) is 23.6 Å². The predicted octanol–water partition coefficient (Wildman–Crippen LogP) is -0.486. The zero-order chi connectivity index (χ0) is 14.3. The summed E-state index contributed by atoms with van der Waals surface area (Å²) in [5.41, 5.74) is 0. The number of likely N-dealkylation sites (N-methyl/N-ethyl adjacent to an activating group) is 1. The lowest BCUT2D eigenvalue weighted by atomic mass is 10.0. The number of aromatic nitrogens is 2. The van der Waals surface area contributed by atoms with Crippen molar-refractivity contribution in [2.75, 3.05) is 33.3 Å². The summed E-state index contributed by atoms with van der Waals surface area (Å²) in [6.45, 7) is 2.52. The van der Waals surface area contributed by atoms with Crippen LogP contribution < -0.4 is 0 Å². The summed E-state index contributed by atoms with van der Waals surface area (Å²) in [5, 5.41) is 4.21. The second-order valence-electron chi connectivity index (χ2n) is 5.44. The molecule has 20 heavy (non-hydrogen) atoms. The molecule has 2 atom stereocenters. The van der Waals surface area contributed by atoms with Crippen molar-refractivity contribution in [1.29, 1.82) is 0 Å². The summed E-state index contributed by atoms with van der Waals surface area (Å²) < 4.78 is 34.4. The topological polar surface area (TPSA) is 67.7 Å². The summed E-state index contributed by atoms with van der Waals surface area (Å²) in [5.74, 6) is 0. The summed E-state index contributed by atoms with van der Waals surface area (Å²) in [6.07, 6.45) is 2.39. The monoisotopic (exact) mass is 300 g/mol. The van der Waals surface area contributed by atoms with Crippen molar-refractivity contribution < 1.29 is 13.2 Å². The first-order chi connectivity index (χ1) is 9.50. The van der Waals surface area contributed by atoms with Gasteiger partial charge in [0.2, 0.25) is 0 Å². The summed E-state index contributed by atoms with van der Waals surface area (Å²) >= 11 is 0. The average Bonchev–Trinajstić information content (AvgIpc) is 2.85. The van der Waals surface area contributed by atoms with Gasteiger partial charge in [0.15, 0.2) is 5.03 Å². The lowest BCUT2D eigenvalue weighted by Crippen LogP contribution is -2.60. The fourth-order valence-corrected chi connectivity index (χ4v) is 4.76. The van der Waals surface area contributed by atoms with Gasteiger partial charge >= 0.3 is 0 Å². The highest BCUT2D eigenvalue weighted by Crippen LogP contribution is 2.27. The maximum Gasteiger partial charge on any atom is 0.260 e. The van der Waals surface area contributed by atoms with Crippen LogP contribution in [-0.2, 0) is 21.8 Å². The third-order valence-corrected chi connectivity index (χ3v) is 6.09. The van der Waals surface area contributed by atoms with Gasteiger partial charge in [0.25, 0.3) is 10.0 Å². The molecule has 3 rings (SSSR count). The lowest BCUT2D eigenvalue weighted by molar-refractivity contribution is -0.0720. The zero-order valence-electron chi connectivity index (χ0n) is 11.8. The Morgan fingerprint density at radius 2 is 2.15 bits per heavy atom. The second kappa shape index (κ2) is 5.10. The Labute approximate surface area is 119 Å². The smallest absolute Gasteiger partial charge is 0.260 e. The number of sulfonamides is 1. The third kappa shape index (κ3) is 2.26. The molecule has 1 aromatic rings. The molecule has 2 fully saturated rings. The Kier molecular flexibility index (Phi) is 3.57. The van der Waals surface area contributed by atoms with Crippen LogP contribution in [0.15, 0.2) is 17.3 Å². The van der Waals surface area contributed by atoms with Crippen LogP contribution in [0.25, 0.3) is 0 Å². The van der Waals surface area contributed by atoms with E-state index in [2.05, 4.69) is 10.00 Å². The molecule has 0 unspecified atom stereocenters. The van der Waals surface area contributed by atoms with Crippen molar-refractivity contribution in [3.63, 3.8) is 0 Å². The van der Waals surface area contributed by atoms with Crippen LogP contribution in [0.2, 0.25) is 0 Å². The van der Waals surface area contributed by atoms with E-state index in [4.69, 9.17) is 4.74 Å². The van der Waals surface area contributed by atoms with E-state index >= 15 is 0 Å². The molecule has 8 heteroatoms. The molecule has 0 aliphatic carbocycles. The zero-order valence-corrected chi connectivity index (χ0v) is 12.6. The SMILES string of the molecule is CN1CC[C@H]2OCCN(S(=O)(=O)c3ccnn3C)[C@H]2C1. The van der Waals surface area contributed by atoms with Crippen molar-refractivity contribution >= 4 is 10.0 Å². The van der Waals surface area contributed by atoms with Gasteiger partial charge in [0.1, 0.15) is 0 Å². The first-order valence-electron chi connectivity index (χ1n) is 6.80. The molecule has 0 bridgehead atoms.